The first-order chi connectivity index (χ1) is 6.54. The fraction of sp³-hybridized carbons (Fsp3) is 0.615. The number of rotatable bonds is 1. The largest absolute Gasteiger partial charge is 0.260 e. The van der Waals surface area contributed by atoms with Crippen molar-refractivity contribution in [3.05, 3.63) is 29.6 Å². The van der Waals surface area contributed by atoms with Crippen molar-refractivity contribution in [2.75, 3.05) is 0 Å². The summed E-state index contributed by atoms with van der Waals surface area (Å²) in [5, 5.41) is 0. The molecule has 1 aromatic heterocycles. The van der Waals surface area contributed by atoms with Gasteiger partial charge < -0.3 is 0 Å². The van der Waals surface area contributed by atoms with Crippen LogP contribution in [-0.2, 0) is 11.8 Å². The van der Waals surface area contributed by atoms with Crippen LogP contribution in [0.4, 0.5) is 0 Å². The topological polar surface area (TPSA) is 12.9 Å². The van der Waals surface area contributed by atoms with Crippen molar-refractivity contribution < 1.29 is 0 Å². The van der Waals surface area contributed by atoms with E-state index in [1.54, 1.807) is 0 Å². The first-order valence-electron chi connectivity index (χ1n) is 5.49. The monoisotopic (exact) mass is 193 g/mol. The van der Waals surface area contributed by atoms with Gasteiger partial charge >= 0.3 is 0 Å². The molecule has 0 saturated carbocycles. The smallest absolute Gasteiger partial charge is 0.0457 e. The van der Waals surface area contributed by atoms with Gasteiger partial charge in [0.1, 0.15) is 0 Å². The maximum absolute atomic E-state index is 4.42. The Balaban J connectivity index is 0.000000791. The number of hydrogen-bond acceptors (Lipinski definition) is 1. The summed E-state index contributed by atoms with van der Waals surface area (Å²) in [5.74, 6) is 0. The van der Waals surface area contributed by atoms with Crippen LogP contribution in [0.15, 0.2) is 18.3 Å². The van der Waals surface area contributed by atoms with Gasteiger partial charge in [0.15, 0.2) is 0 Å². The van der Waals surface area contributed by atoms with Crippen LogP contribution in [0.1, 0.15) is 52.8 Å². The third kappa shape index (κ3) is 3.91. The number of nitrogens with zero attached hydrogens (tertiary/aromatic N) is 1. The average Bonchev–Trinajstić information content (AvgIpc) is 2.20. The molecule has 0 fully saturated rings. The van der Waals surface area contributed by atoms with Crippen LogP contribution in [0.2, 0.25) is 0 Å². The third-order valence-electron chi connectivity index (χ3n) is 2.00. The van der Waals surface area contributed by atoms with E-state index in [1.807, 2.05) is 20.0 Å². The zero-order chi connectivity index (χ0) is 11.2. The highest BCUT2D eigenvalue weighted by Gasteiger charge is 2.14. The van der Waals surface area contributed by atoms with E-state index in [4.69, 9.17) is 0 Å². The fourth-order valence-corrected chi connectivity index (χ4v) is 1.08. The Bertz CT molecular complexity index is 241. The highest BCUT2D eigenvalue weighted by atomic mass is 14.7. The molecular weight excluding hydrogens is 170 g/mol. The van der Waals surface area contributed by atoms with Crippen LogP contribution in [0.25, 0.3) is 0 Å². The highest BCUT2D eigenvalue weighted by Crippen LogP contribution is 2.19. The first-order valence-corrected chi connectivity index (χ1v) is 5.49. The summed E-state index contributed by atoms with van der Waals surface area (Å²) in [7, 11) is 0. The second-order valence-corrected chi connectivity index (χ2v) is 4.16. The van der Waals surface area contributed by atoms with Gasteiger partial charge in [-0.1, -0.05) is 47.6 Å². The van der Waals surface area contributed by atoms with E-state index in [0.29, 0.717) is 0 Å². The van der Waals surface area contributed by atoms with Crippen LogP contribution in [0.3, 0.4) is 0 Å². The Morgan fingerprint density at radius 3 is 2.00 bits per heavy atom. The van der Waals surface area contributed by atoms with Gasteiger partial charge in [-0.2, -0.15) is 0 Å². The van der Waals surface area contributed by atoms with Gasteiger partial charge in [0.2, 0.25) is 0 Å². The van der Waals surface area contributed by atoms with Crippen molar-refractivity contribution in [2.45, 2.75) is 53.4 Å². The zero-order valence-corrected chi connectivity index (χ0v) is 10.4. The zero-order valence-electron chi connectivity index (χ0n) is 10.4. The Morgan fingerprint density at radius 2 is 1.71 bits per heavy atom. The van der Waals surface area contributed by atoms with Crippen molar-refractivity contribution >= 4 is 0 Å². The molecule has 0 amide bonds. The summed E-state index contributed by atoms with van der Waals surface area (Å²) < 4.78 is 0. The highest BCUT2D eigenvalue weighted by molar-refractivity contribution is 5.18. The molecule has 0 aromatic carbocycles. The molecule has 0 saturated heterocycles. The summed E-state index contributed by atoms with van der Waals surface area (Å²) in [6.45, 7) is 12.7. The minimum atomic E-state index is 0.173. The van der Waals surface area contributed by atoms with Crippen molar-refractivity contribution in [3.8, 4) is 0 Å². The van der Waals surface area contributed by atoms with E-state index in [2.05, 4.69) is 44.8 Å². The molecular formula is C13H23N. The van der Waals surface area contributed by atoms with E-state index < -0.39 is 0 Å². The molecule has 0 unspecified atom stereocenters. The van der Waals surface area contributed by atoms with Crippen molar-refractivity contribution in [1.29, 1.82) is 0 Å². The number of aromatic nitrogens is 1. The number of hydrogen-bond donors (Lipinski definition) is 0. The summed E-state index contributed by atoms with van der Waals surface area (Å²) in [6, 6.07) is 4.28. The lowest BCUT2D eigenvalue weighted by atomic mass is 9.91. The lowest BCUT2D eigenvalue weighted by Crippen LogP contribution is -2.13. The second kappa shape index (κ2) is 5.79. The molecule has 0 spiro atoms. The molecule has 0 aliphatic rings. The van der Waals surface area contributed by atoms with Gasteiger partial charge in [-0.15, -0.1) is 0 Å². The molecule has 0 aliphatic carbocycles. The van der Waals surface area contributed by atoms with Crippen LogP contribution in [-0.4, -0.2) is 4.98 Å². The van der Waals surface area contributed by atoms with Crippen molar-refractivity contribution in [2.24, 2.45) is 0 Å². The standard InChI is InChI=1S/C11H17N.C2H6/c1-5-9-6-7-10(12-8-9)11(2,3)4;1-2/h6-8H,5H2,1-4H3;1-2H3. The Kier molecular flexibility index (Phi) is 5.44. The molecule has 0 bridgehead atoms. The molecule has 1 rings (SSSR count). The second-order valence-electron chi connectivity index (χ2n) is 4.16. The van der Waals surface area contributed by atoms with Gasteiger partial charge in [0.25, 0.3) is 0 Å². The molecule has 80 valence electrons. The molecule has 0 aliphatic heterocycles. The van der Waals surface area contributed by atoms with Gasteiger partial charge in [-0.3, -0.25) is 4.98 Å². The van der Waals surface area contributed by atoms with Gasteiger partial charge in [0.05, 0.1) is 0 Å². The summed E-state index contributed by atoms with van der Waals surface area (Å²) in [4.78, 5) is 4.42. The van der Waals surface area contributed by atoms with Gasteiger partial charge in [-0.05, 0) is 18.1 Å². The Morgan fingerprint density at radius 1 is 1.14 bits per heavy atom. The first kappa shape index (κ1) is 13.2. The molecule has 1 heterocycles. The van der Waals surface area contributed by atoms with Crippen molar-refractivity contribution in [3.63, 3.8) is 0 Å². The lowest BCUT2D eigenvalue weighted by Gasteiger charge is -2.17. The molecule has 0 N–H and O–H groups in total. The lowest BCUT2D eigenvalue weighted by molar-refractivity contribution is 0.568. The minimum Gasteiger partial charge on any atom is -0.260 e. The Labute approximate surface area is 88.6 Å². The maximum Gasteiger partial charge on any atom is 0.0457 e. The van der Waals surface area contributed by atoms with Gasteiger partial charge in [0, 0.05) is 17.3 Å². The Hall–Kier alpha value is -0.850. The van der Waals surface area contributed by atoms with E-state index >= 15 is 0 Å². The normalized spacial score (nSPS) is 10.4. The summed E-state index contributed by atoms with van der Waals surface area (Å²) in [5.41, 5.74) is 2.65. The number of aryl methyl sites for hydroxylation is 1. The molecule has 1 heteroatoms. The number of pyridine rings is 1. The predicted octanol–water partition coefficient (Wildman–Crippen LogP) is 3.97. The molecule has 0 radical (unpaired) electrons. The van der Waals surface area contributed by atoms with Crippen LogP contribution >= 0.6 is 0 Å². The van der Waals surface area contributed by atoms with Crippen molar-refractivity contribution in [1.82, 2.24) is 4.98 Å². The van der Waals surface area contributed by atoms with E-state index in [1.165, 1.54) is 11.3 Å². The third-order valence-corrected chi connectivity index (χ3v) is 2.00. The molecule has 0 atom stereocenters. The fourth-order valence-electron chi connectivity index (χ4n) is 1.08. The molecule has 1 aromatic rings. The van der Waals surface area contributed by atoms with E-state index in [9.17, 15) is 0 Å². The van der Waals surface area contributed by atoms with Crippen LogP contribution < -0.4 is 0 Å². The summed E-state index contributed by atoms with van der Waals surface area (Å²) >= 11 is 0. The quantitative estimate of drug-likeness (QED) is 0.657. The van der Waals surface area contributed by atoms with Crippen LogP contribution in [0.5, 0.6) is 0 Å². The van der Waals surface area contributed by atoms with Crippen LogP contribution in [0, 0.1) is 0 Å². The minimum absolute atomic E-state index is 0.173. The summed E-state index contributed by atoms with van der Waals surface area (Å²) in [6.07, 6.45) is 3.04. The van der Waals surface area contributed by atoms with Gasteiger partial charge in [-0.25, -0.2) is 0 Å². The maximum atomic E-state index is 4.42. The van der Waals surface area contributed by atoms with E-state index in [-0.39, 0.29) is 5.41 Å². The SMILES string of the molecule is CC.CCc1ccc(C(C)(C)C)nc1. The predicted molar refractivity (Wildman–Crippen MR) is 63.7 cm³/mol. The molecule has 14 heavy (non-hydrogen) atoms. The molecule has 1 nitrogen and oxygen atoms in total. The van der Waals surface area contributed by atoms with E-state index in [0.717, 1.165) is 6.42 Å². The average molecular weight is 193 g/mol.